The van der Waals surface area contributed by atoms with E-state index >= 15 is 0 Å². The molecule has 0 atom stereocenters. The predicted octanol–water partition coefficient (Wildman–Crippen LogP) is 4.63. The summed E-state index contributed by atoms with van der Waals surface area (Å²) >= 11 is 1.08. The number of carbonyl (C=O) groups excluding carboxylic acids is 1. The largest absolute Gasteiger partial charge is 0.302 e. The normalized spacial score (nSPS) is 11.4. The van der Waals surface area contributed by atoms with Crippen LogP contribution in [-0.2, 0) is 11.2 Å². The molecule has 0 saturated heterocycles. The number of benzene rings is 2. The molecular weight excluding hydrogens is 399 g/mol. The van der Waals surface area contributed by atoms with Crippen LogP contribution in [0.4, 0.5) is 18.3 Å². The highest BCUT2D eigenvalue weighted by atomic mass is 32.1. The summed E-state index contributed by atoms with van der Waals surface area (Å²) in [5, 5.41) is 0.323. The van der Waals surface area contributed by atoms with Gasteiger partial charge < -0.3 is 4.90 Å². The third-order valence-electron chi connectivity index (χ3n) is 4.74. The molecule has 3 aromatic rings. The smallest absolute Gasteiger partial charge is 0.233 e. The van der Waals surface area contributed by atoms with Crippen molar-refractivity contribution in [3.05, 3.63) is 59.4 Å². The van der Waals surface area contributed by atoms with E-state index in [1.54, 1.807) is 12.1 Å². The first-order chi connectivity index (χ1) is 13.9. The summed E-state index contributed by atoms with van der Waals surface area (Å²) in [7, 11) is 0. The summed E-state index contributed by atoms with van der Waals surface area (Å²) in [4.78, 5) is 21.0. The molecule has 8 heteroatoms. The van der Waals surface area contributed by atoms with Crippen LogP contribution in [0.15, 0.2) is 36.4 Å². The zero-order valence-electron chi connectivity index (χ0n) is 16.3. The topological polar surface area (TPSA) is 36.4 Å². The highest BCUT2D eigenvalue weighted by molar-refractivity contribution is 7.22. The molecule has 0 aliphatic carbocycles. The molecule has 0 aliphatic rings. The van der Waals surface area contributed by atoms with Crippen molar-refractivity contribution < 1.29 is 18.0 Å². The number of hydrogen-bond acceptors (Lipinski definition) is 4. The highest BCUT2D eigenvalue weighted by Crippen LogP contribution is 2.31. The minimum absolute atomic E-state index is 0.0498. The lowest BCUT2D eigenvalue weighted by molar-refractivity contribution is -0.118. The summed E-state index contributed by atoms with van der Waals surface area (Å²) in [6.45, 7) is 6.71. The molecule has 0 bridgehead atoms. The lowest BCUT2D eigenvalue weighted by Gasteiger charge is -2.24. The molecule has 154 valence electrons. The quantitative estimate of drug-likeness (QED) is 0.532. The Morgan fingerprint density at radius 1 is 1.00 bits per heavy atom. The fourth-order valence-corrected chi connectivity index (χ4v) is 4.09. The van der Waals surface area contributed by atoms with Gasteiger partial charge in [0.05, 0.1) is 11.1 Å². The van der Waals surface area contributed by atoms with Gasteiger partial charge in [0.1, 0.15) is 17.2 Å². The van der Waals surface area contributed by atoms with Crippen LogP contribution in [0.5, 0.6) is 0 Å². The molecule has 1 heterocycles. The Kier molecular flexibility index (Phi) is 6.87. The Morgan fingerprint density at radius 3 is 2.34 bits per heavy atom. The number of nitrogens with zero attached hydrogens (tertiary/aromatic N) is 3. The maximum absolute atomic E-state index is 14.1. The Balaban J connectivity index is 1.90. The van der Waals surface area contributed by atoms with Crippen LogP contribution < -0.4 is 4.90 Å². The second kappa shape index (κ2) is 9.37. The van der Waals surface area contributed by atoms with Gasteiger partial charge in [-0.2, -0.15) is 0 Å². The lowest BCUT2D eigenvalue weighted by atomic mass is 10.1. The maximum Gasteiger partial charge on any atom is 0.233 e. The van der Waals surface area contributed by atoms with Gasteiger partial charge in [0.2, 0.25) is 5.91 Å². The van der Waals surface area contributed by atoms with Crippen molar-refractivity contribution in [2.45, 2.75) is 20.3 Å². The summed E-state index contributed by atoms with van der Waals surface area (Å²) in [5.41, 5.74) is 0.719. The molecule has 0 spiro atoms. The van der Waals surface area contributed by atoms with Crippen molar-refractivity contribution in [2.75, 3.05) is 31.1 Å². The van der Waals surface area contributed by atoms with E-state index in [1.807, 2.05) is 13.8 Å². The first kappa shape index (κ1) is 21.3. The summed E-state index contributed by atoms with van der Waals surface area (Å²) in [6, 6.07) is 7.72. The first-order valence-corrected chi connectivity index (χ1v) is 10.3. The first-order valence-electron chi connectivity index (χ1n) is 9.44. The number of fused-ring (bicyclic) bond motifs is 1. The van der Waals surface area contributed by atoms with E-state index in [0.29, 0.717) is 28.5 Å². The van der Waals surface area contributed by atoms with E-state index in [-0.39, 0.29) is 23.7 Å². The molecule has 1 aromatic heterocycles. The Labute approximate surface area is 171 Å². The van der Waals surface area contributed by atoms with Crippen LogP contribution in [0.2, 0.25) is 0 Å². The van der Waals surface area contributed by atoms with Gasteiger partial charge in [-0.05, 0) is 36.9 Å². The van der Waals surface area contributed by atoms with Crippen LogP contribution in [0, 0.1) is 17.5 Å². The molecular formula is C21H22F3N3OS. The van der Waals surface area contributed by atoms with Gasteiger partial charge >= 0.3 is 0 Å². The van der Waals surface area contributed by atoms with Gasteiger partial charge in [-0.1, -0.05) is 37.3 Å². The summed E-state index contributed by atoms with van der Waals surface area (Å²) < 4.78 is 41.1. The molecule has 2 aromatic carbocycles. The zero-order valence-corrected chi connectivity index (χ0v) is 17.1. The van der Waals surface area contributed by atoms with Gasteiger partial charge in [-0.15, -0.1) is 0 Å². The number of thiazole rings is 1. The monoisotopic (exact) mass is 421 g/mol. The van der Waals surface area contributed by atoms with Crippen molar-refractivity contribution in [1.29, 1.82) is 0 Å². The Bertz CT molecular complexity index is 987. The third-order valence-corrected chi connectivity index (χ3v) is 5.76. The highest BCUT2D eigenvalue weighted by Gasteiger charge is 2.22. The van der Waals surface area contributed by atoms with E-state index in [2.05, 4.69) is 9.88 Å². The number of hydrogen-bond donors (Lipinski definition) is 0. The standard InChI is InChI=1S/C21H22F3N3OS/c1-3-26(4-2)9-10-27(19(28)11-14-5-7-15(22)8-6-14)21-25-20-17(24)12-16(23)13-18(20)29-21/h5-8,12-13H,3-4,9-11H2,1-2H3. The van der Waals surface area contributed by atoms with E-state index in [9.17, 15) is 18.0 Å². The maximum atomic E-state index is 14.1. The number of likely N-dealkylation sites (N-methyl/N-ethyl adjacent to an activating group) is 1. The molecule has 0 fully saturated rings. The van der Waals surface area contributed by atoms with Gasteiger partial charge in [-0.3, -0.25) is 9.69 Å². The van der Waals surface area contributed by atoms with Crippen molar-refractivity contribution in [2.24, 2.45) is 0 Å². The summed E-state index contributed by atoms with van der Waals surface area (Å²) in [6.07, 6.45) is 0.0608. The van der Waals surface area contributed by atoms with E-state index in [0.717, 1.165) is 30.5 Å². The third kappa shape index (κ3) is 5.13. The van der Waals surface area contributed by atoms with Gasteiger partial charge in [0, 0.05) is 19.2 Å². The van der Waals surface area contributed by atoms with Crippen molar-refractivity contribution in [3.63, 3.8) is 0 Å². The van der Waals surface area contributed by atoms with Crippen LogP contribution in [-0.4, -0.2) is 42.0 Å². The predicted molar refractivity (Wildman–Crippen MR) is 110 cm³/mol. The molecule has 1 amide bonds. The lowest BCUT2D eigenvalue weighted by Crippen LogP contribution is -2.39. The average Bonchev–Trinajstić information content (AvgIpc) is 3.11. The van der Waals surface area contributed by atoms with Crippen LogP contribution in [0.25, 0.3) is 10.2 Å². The molecule has 3 rings (SSSR count). The van der Waals surface area contributed by atoms with Gasteiger partial charge in [0.15, 0.2) is 10.9 Å². The molecule has 0 radical (unpaired) electrons. The van der Waals surface area contributed by atoms with E-state index in [1.165, 1.54) is 23.1 Å². The SMILES string of the molecule is CCN(CC)CCN(C(=O)Cc1ccc(F)cc1)c1nc2c(F)cc(F)cc2s1. The zero-order chi connectivity index (χ0) is 21.0. The fraction of sp³-hybridized carbons (Fsp3) is 0.333. The number of anilines is 1. The second-order valence-electron chi connectivity index (χ2n) is 6.61. The van der Waals surface area contributed by atoms with E-state index in [4.69, 9.17) is 0 Å². The average molecular weight is 421 g/mol. The number of aromatic nitrogens is 1. The molecule has 0 unspecified atom stereocenters. The molecule has 4 nitrogen and oxygen atoms in total. The number of halogens is 3. The summed E-state index contributed by atoms with van der Waals surface area (Å²) in [5.74, 6) is -2.04. The minimum Gasteiger partial charge on any atom is -0.302 e. The van der Waals surface area contributed by atoms with Crippen LogP contribution >= 0.6 is 11.3 Å². The Hall–Kier alpha value is -2.45. The van der Waals surface area contributed by atoms with Crippen molar-refractivity contribution >= 4 is 32.6 Å². The Morgan fingerprint density at radius 2 is 1.69 bits per heavy atom. The fourth-order valence-electron chi connectivity index (χ4n) is 3.04. The van der Waals surface area contributed by atoms with Crippen molar-refractivity contribution in [1.82, 2.24) is 9.88 Å². The molecule has 0 N–H and O–H groups in total. The number of amides is 1. The molecule has 29 heavy (non-hydrogen) atoms. The van der Waals surface area contributed by atoms with Gasteiger partial charge in [0.25, 0.3) is 0 Å². The van der Waals surface area contributed by atoms with Crippen LogP contribution in [0.1, 0.15) is 19.4 Å². The number of carbonyl (C=O) groups is 1. The van der Waals surface area contributed by atoms with Crippen LogP contribution in [0.3, 0.4) is 0 Å². The molecule has 0 saturated carbocycles. The van der Waals surface area contributed by atoms with E-state index < -0.39 is 11.6 Å². The number of rotatable bonds is 8. The second-order valence-corrected chi connectivity index (χ2v) is 7.62. The minimum atomic E-state index is -0.753. The molecule has 0 aliphatic heterocycles. The van der Waals surface area contributed by atoms with Gasteiger partial charge in [-0.25, -0.2) is 18.2 Å². The van der Waals surface area contributed by atoms with Crippen molar-refractivity contribution in [3.8, 4) is 0 Å².